The zero-order valence-corrected chi connectivity index (χ0v) is 17.0. The molecule has 0 saturated carbocycles. The van der Waals surface area contributed by atoms with Crippen LogP contribution in [0.4, 0.5) is 0 Å². The molecule has 0 aromatic rings. The maximum Gasteiger partial charge on any atom is 0.284 e. The molecule has 27 heavy (non-hydrogen) atoms. The van der Waals surface area contributed by atoms with Crippen LogP contribution in [-0.4, -0.2) is 91.1 Å². The second kappa shape index (κ2) is 11.6. The topological polar surface area (TPSA) is 186 Å². The van der Waals surface area contributed by atoms with Crippen LogP contribution in [0, 0.1) is 0 Å². The number of hydrogen-bond donors (Lipinski definition) is 4. The van der Waals surface area contributed by atoms with Crippen LogP contribution in [0.3, 0.4) is 0 Å². The van der Waals surface area contributed by atoms with Crippen molar-refractivity contribution in [1.29, 1.82) is 0 Å². The highest BCUT2D eigenvalue weighted by Crippen LogP contribution is 2.30. The second-order valence-electron chi connectivity index (χ2n) is 5.87. The average molecular weight is 451 g/mol. The van der Waals surface area contributed by atoms with Gasteiger partial charge in [-0.2, -0.15) is 8.42 Å². The summed E-state index contributed by atoms with van der Waals surface area (Å²) in [5.74, 6) is 0.512. The molecule has 0 spiro atoms. The van der Waals surface area contributed by atoms with E-state index in [4.69, 9.17) is 4.74 Å². The van der Waals surface area contributed by atoms with E-state index in [1.54, 1.807) is 6.26 Å². The molecule has 6 atom stereocenters. The lowest BCUT2D eigenvalue weighted by molar-refractivity contribution is -0.205. The number of thioether (sulfide) groups is 1. The fraction of sp³-hybridized carbons (Fsp3) is 0.923. The van der Waals surface area contributed by atoms with Gasteiger partial charge in [0.25, 0.3) is 10.4 Å². The van der Waals surface area contributed by atoms with Gasteiger partial charge in [0.05, 0.1) is 6.61 Å². The quantitative estimate of drug-likeness (QED) is 0.0738. The third-order valence-corrected chi connectivity index (χ3v) is 5.95. The molecule has 1 aliphatic rings. The maximum atomic E-state index is 11.0. The van der Waals surface area contributed by atoms with Gasteiger partial charge < -0.3 is 29.7 Å². The van der Waals surface area contributed by atoms with Gasteiger partial charge in [-0.1, -0.05) is 23.3 Å². The predicted octanol–water partition coefficient (Wildman–Crippen LogP) is -1.75. The van der Waals surface area contributed by atoms with Crippen molar-refractivity contribution in [2.24, 2.45) is 5.16 Å². The summed E-state index contributed by atoms with van der Waals surface area (Å²) in [6.45, 7) is -0.617. The molecular weight excluding hydrogens is 426 g/mol. The summed E-state index contributed by atoms with van der Waals surface area (Å²) >= 11 is 0.711. The molecule has 0 bridgehead atoms. The van der Waals surface area contributed by atoms with Gasteiger partial charge in [0.15, 0.2) is 0 Å². The molecule has 0 aromatic heterocycles. The third-order valence-electron chi connectivity index (χ3n) is 3.65. The van der Waals surface area contributed by atoms with E-state index in [9.17, 15) is 37.6 Å². The van der Waals surface area contributed by atoms with Gasteiger partial charge in [0, 0.05) is 22.8 Å². The molecule has 4 N–H and O–H groups in total. The van der Waals surface area contributed by atoms with Crippen molar-refractivity contribution in [2.75, 3.05) is 18.6 Å². The Labute approximate surface area is 164 Å². The second-order valence-corrected chi connectivity index (χ2v) is 9.56. The number of oxime groups is 1. The smallest absolute Gasteiger partial charge is 0.284 e. The maximum absolute atomic E-state index is 11.0. The van der Waals surface area contributed by atoms with Crippen LogP contribution in [0.25, 0.3) is 0 Å². The van der Waals surface area contributed by atoms with E-state index in [2.05, 4.69) is 9.44 Å². The third kappa shape index (κ3) is 9.15. The SMILES string of the molecule is CS(=O)CCCCCC(=NOS(=O)(=O)[O-])S[C@@H]1O[C@H](CO)[C@@H](O)[C@H](O)[C@H]1O. The Morgan fingerprint density at radius 1 is 1.22 bits per heavy atom. The Hall–Kier alpha value is -0.320. The molecular formula is C13H24NO10S3-. The summed E-state index contributed by atoms with van der Waals surface area (Å²) in [7, 11) is -6.01. The summed E-state index contributed by atoms with van der Waals surface area (Å²) in [5.41, 5.74) is -1.18. The molecule has 0 radical (unpaired) electrons. The lowest BCUT2D eigenvalue weighted by atomic mass is 10.0. The molecule has 0 amide bonds. The first-order valence-corrected chi connectivity index (χ1v) is 12.0. The highest BCUT2D eigenvalue weighted by atomic mass is 32.3. The fourth-order valence-electron chi connectivity index (χ4n) is 2.27. The summed E-state index contributed by atoms with van der Waals surface area (Å²) in [5, 5.41) is 42.0. The van der Waals surface area contributed by atoms with Gasteiger partial charge in [-0.25, -0.2) is 0 Å². The van der Waals surface area contributed by atoms with Gasteiger partial charge >= 0.3 is 0 Å². The van der Waals surface area contributed by atoms with E-state index >= 15 is 0 Å². The average Bonchev–Trinajstić information content (AvgIpc) is 2.58. The number of hydrogen-bond acceptors (Lipinski definition) is 12. The predicted molar refractivity (Wildman–Crippen MR) is 97.0 cm³/mol. The molecule has 1 fully saturated rings. The summed E-state index contributed by atoms with van der Waals surface area (Å²) < 4.78 is 52.1. The van der Waals surface area contributed by atoms with E-state index < -0.39 is 57.7 Å². The summed E-state index contributed by atoms with van der Waals surface area (Å²) in [6.07, 6.45) is -2.24. The van der Waals surface area contributed by atoms with Gasteiger partial charge in [0.2, 0.25) is 0 Å². The molecule has 1 heterocycles. The van der Waals surface area contributed by atoms with Crippen LogP contribution >= 0.6 is 11.8 Å². The van der Waals surface area contributed by atoms with Crippen LogP contribution in [0.1, 0.15) is 25.7 Å². The fourth-order valence-corrected chi connectivity index (χ4v) is 4.22. The van der Waals surface area contributed by atoms with Crippen molar-refractivity contribution in [3.63, 3.8) is 0 Å². The Bertz CT molecular complexity index is 611. The number of unbranched alkanes of at least 4 members (excludes halogenated alkanes) is 2. The Morgan fingerprint density at radius 2 is 1.89 bits per heavy atom. The molecule has 0 aromatic carbocycles. The monoisotopic (exact) mass is 450 g/mol. The highest BCUT2D eigenvalue weighted by molar-refractivity contribution is 8.14. The van der Waals surface area contributed by atoms with Crippen molar-refractivity contribution in [1.82, 2.24) is 0 Å². The molecule has 11 nitrogen and oxygen atoms in total. The minimum atomic E-state index is -5.08. The molecule has 160 valence electrons. The molecule has 0 aliphatic carbocycles. The largest absolute Gasteiger partial charge is 0.714 e. The molecule has 1 rings (SSSR count). The first-order valence-electron chi connectivity index (χ1n) is 8.03. The minimum absolute atomic E-state index is 0.0105. The van der Waals surface area contributed by atoms with Crippen LogP contribution in [0.2, 0.25) is 0 Å². The first kappa shape index (κ1) is 24.7. The van der Waals surface area contributed by atoms with Gasteiger partial charge in [-0.3, -0.25) is 8.49 Å². The lowest BCUT2D eigenvalue weighted by Crippen LogP contribution is -2.57. The van der Waals surface area contributed by atoms with Crippen LogP contribution in [0.15, 0.2) is 5.16 Å². The van der Waals surface area contributed by atoms with Crippen molar-refractivity contribution in [3.05, 3.63) is 0 Å². The zero-order chi connectivity index (χ0) is 20.6. The van der Waals surface area contributed by atoms with Crippen LogP contribution in [0.5, 0.6) is 0 Å². The van der Waals surface area contributed by atoms with Crippen molar-refractivity contribution < 1.29 is 46.6 Å². The standard InChI is InChI=1S/C13H25NO10S3/c1-26(19)6-4-2-3-5-9(14-24-27(20,21)22)25-13-12(18)11(17)10(16)8(7-15)23-13/h8,10-13,15-18H,2-7H2,1H3,(H,20,21,22)/p-1/t8-,10-,11+,12-,13+,26?/m1/s1. The van der Waals surface area contributed by atoms with E-state index in [0.717, 1.165) is 0 Å². The van der Waals surface area contributed by atoms with E-state index in [0.29, 0.717) is 36.8 Å². The van der Waals surface area contributed by atoms with Crippen molar-refractivity contribution in [2.45, 2.75) is 55.5 Å². The van der Waals surface area contributed by atoms with E-state index in [1.165, 1.54) is 0 Å². The number of aliphatic hydroxyl groups excluding tert-OH is 4. The summed E-state index contributed by atoms with van der Waals surface area (Å²) in [6, 6.07) is 0. The first-order chi connectivity index (χ1) is 12.5. The van der Waals surface area contributed by atoms with Gasteiger partial charge in [0.1, 0.15) is 34.9 Å². The molecule has 14 heteroatoms. The molecule has 1 saturated heterocycles. The molecule has 1 aliphatic heterocycles. The summed E-state index contributed by atoms with van der Waals surface area (Å²) in [4.78, 5) is 0. The Morgan fingerprint density at radius 3 is 2.44 bits per heavy atom. The number of rotatable bonds is 10. The molecule has 1 unspecified atom stereocenters. The van der Waals surface area contributed by atoms with Crippen molar-refractivity contribution in [3.8, 4) is 0 Å². The number of nitrogens with zero attached hydrogens (tertiary/aromatic N) is 1. The lowest BCUT2D eigenvalue weighted by Gasteiger charge is -2.39. The Kier molecular flexibility index (Phi) is 10.6. The van der Waals surface area contributed by atoms with E-state index in [1.807, 2.05) is 0 Å². The van der Waals surface area contributed by atoms with Gasteiger partial charge in [-0.15, -0.1) is 0 Å². The normalized spacial score (nSPS) is 30.9. The van der Waals surface area contributed by atoms with Crippen molar-refractivity contribution >= 4 is 38.0 Å². The number of aliphatic hydroxyl groups is 4. The zero-order valence-electron chi connectivity index (χ0n) is 14.5. The Balaban J connectivity index is 2.75. The van der Waals surface area contributed by atoms with Crippen LogP contribution in [-0.2, 0) is 30.2 Å². The highest BCUT2D eigenvalue weighted by Gasteiger charge is 2.44. The van der Waals surface area contributed by atoms with Gasteiger partial charge in [-0.05, 0) is 19.3 Å². The van der Waals surface area contributed by atoms with Crippen LogP contribution < -0.4 is 0 Å². The minimum Gasteiger partial charge on any atom is -0.714 e. The van der Waals surface area contributed by atoms with E-state index in [-0.39, 0.29) is 11.5 Å². The number of ether oxygens (including phenoxy) is 1.